The first kappa shape index (κ1) is 8.78. The Morgan fingerprint density at radius 1 is 1.55 bits per heavy atom. The molecular formula is C8H14O2S. The van der Waals surface area contributed by atoms with Crippen molar-refractivity contribution < 1.29 is 8.42 Å². The summed E-state index contributed by atoms with van der Waals surface area (Å²) in [6, 6.07) is 0. The molecule has 1 fully saturated rings. The Morgan fingerprint density at radius 2 is 2.18 bits per heavy atom. The van der Waals surface area contributed by atoms with E-state index in [0.29, 0.717) is 6.42 Å². The summed E-state index contributed by atoms with van der Waals surface area (Å²) in [5.74, 6) is 0. The van der Waals surface area contributed by atoms with E-state index >= 15 is 0 Å². The first-order chi connectivity index (χ1) is 5.00. The molecule has 0 aromatic heterocycles. The third-order valence-corrected chi connectivity index (χ3v) is 3.79. The maximum atomic E-state index is 11.1. The highest BCUT2D eigenvalue weighted by Gasteiger charge is 2.24. The molecule has 11 heavy (non-hydrogen) atoms. The van der Waals surface area contributed by atoms with Gasteiger partial charge in [0.2, 0.25) is 0 Å². The molecule has 64 valence electrons. The second-order valence-corrected chi connectivity index (χ2v) is 5.62. The monoisotopic (exact) mass is 174 g/mol. The van der Waals surface area contributed by atoms with Crippen molar-refractivity contribution in [2.75, 3.05) is 6.26 Å². The third kappa shape index (κ3) is 2.33. The van der Waals surface area contributed by atoms with E-state index in [2.05, 4.69) is 6.58 Å². The van der Waals surface area contributed by atoms with Crippen molar-refractivity contribution in [1.29, 1.82) is 0 Å². The van der Waals surface area contributed by atoms with Crippen molar-refractivity contribution in [3.05, 3.63) is 12.2 Å². The summed E-state index contributed by atoms with van der Waals surface area (Å²) in [6.07, 6.45) is 4.80. The van der Waals surface area contributed by atoms with E-state index in [0.717, 1.165) is 24.8 Å². The topological polar surface area (TPSA) is 34.1 Å². The molecule has 0 heterocycles. The lowest BCUT2D eigenvalue weighted by molar-refractivity contribution is 0.544. The molecule has 1 atom stereocenters. The molecule has 1 aliphatic carbocycles. The third-order valence-electron chi connectivity index (χ3n) is 2.18. The number of allylic oxidation sites excluding steroid dienone is 1. The molecule has 0 bridgehead atoms. The zero-order chi connectivity index (χ0) is 8.48. The minimum absolute atomic E-state index is 0.149. The lowest BCUT2D eigenvalue weighted by atomic mass is 9.96. The van der Waals surface area contributed by atoms with Crippen LogP contribution in [-0.2, 0) is 9.84 Å². The molecule has 0 N–H and O–H groups in total. The summed E-state index contributed by atoms with van der Waals surface area (Å²) in [7, 11) is -2.82. The van der Waals surface area contributed by atoms with Crippen molar-refractivity contribution >= 4 is 9.84 Å². The Labute approximate surface area is 68.2 Å². The second kappa shape index (κ2) is 2.97. The highest BCUT2D eigenvalue weighted by Crippen LogP contribution is 2.26. The highest BCUT2D eigenvalue weighted by molar-refractivity contribution is 7.91. The van der Waals surface area contributed by atoms with Crippen LogP contribution in [0, 0.1) is 0 Å². The fraction of sp³-hybridized carbons (Fsp3) is 0.750. The standard InChI is InChI=1S/C8H14O2S/c1-7-4-3-5-8(6-7)11(2,9)10/h8H,1,3-6H2,2H3. The summed E-state index contributed by atoms with van der Waals surface area (Å²) in [5.41, 5.74) is 1.09. The van der Waals surface area contributed by atoms with Gasteiger partial charge >= 0.3 is 0 Å². The van der Waals surface area contributed by atoms with Gasteiger partial charge in [-0.25, -0.2) is 8.42 Å². The zero-order valence-corrected chi connectivity index (χ0v) is 7.65. The van der Waals surface area contributed by atoms with Crippen LogP contribution in [0.3, 0.4) is 0 Å². The summed E-state index contributed by atoms with van der Waals surface area (Å²) >= 11 is 0. The van der Waals surface area contributed by atoms with Crippen molar-refractivity contribution in [1.82, 2.24) is 0 Å². The Bertz CT molecular complexity index is 251. The highest BCUT2D eigenvalue weighted by atomic mass is 32.2. The molecular weight excluding hydrogens is 160 g/mol. The summed E-state index contributed by atoms with van der Waals surface area (Å²) in [6.45, 7) is 3.81. The first-order valence-electron chi connectivity index (χ1n) is 3.85. The van der Waals surface area contributed by atoms with Crippen LogP contribution in [0.4, 0.5) is 0 Å². The molecule has 1 aliphatic rings. The molecule has 1 saturated carbocycles. The Balaban J connectivity index is 2.68. The Morgan fingerprint density at radius 3 is 2.55 bits per heavy atom. The van der Waals surface area contributed by atoms with Crippen LogP contribution in [0.5, 0.6) is 0 Å². The molecule has 0 aromatic carbocycles. The van der Waals surface area contributed by atoms with Gasteiger partial charge in [-0.05, 0) is 25.7 Å². The minimum Gasteiger partial charge on any atom is -0.229 e. The molecule has 0 radical (unpaired) electrons. The largest absolute Gasteiger partial charge is 0.229 e. The van der Waals surface area contributed by atoms with E-state index in [1.54, 1.807) is 0 Å². The van der Waals surface area contributed by atoms with Gasteiger partial charge in [0.05, 0.1) is 5.25 Å². The fourth-order valence-corrected chi connectivity index (χ4v) is 2.60. The zero-order valence-electron chi connectivity index (χ0n) is 6.84. The van der Waals surface area contributed by atoms with E-state index in [1.165, 1.54) is 6.26 Å². The second-order valence-electron chi connectivity index (χ2n) is 3.30. The van der Waals surface area contributed by atoms with Crippen LogP contribution < -0.4 is 0 Å². The van der Waals surface area contributed by atoms with Gasteiger partial charge in [-0.15, -0.1) is 0 Å². The van der Waals surface area contributed by atoms with Crippen LogP contribution in [0.25, 0.3) is 0 Å². The predicted octanol–water partition coefficient (Wildman–Crippen LogP) is 1.53. The minimum atomic E-state index is -2.82. The molecule has 1 unspecified atom stereocenters. The lowest BCUT2D eigenvalue weighted by Gasteiger charge is -2.21. The average molecular weight is 174 g/mol. The van der Waals surface area contributed by atoms with Crippen molar-refractivity contribution in [3.8, 4) is 0 Å². The maximum Gasteiger partial charge on any atom is 0.150 e. The molecule has 0 spiro atoms. The molecule has 2 nitrogen and oxygen atoms in total. The van der Waals surface area contributed by atoms with Crippen molar-refractivity contribution in [2.24, 2.45) is 0 Å². The molecule has 0 aromatic rings. The van der Waals surface area contributed by atoms with Gasteiger partial charge in [-0.1, -0.05) is 12.2 Å². The van der Waals surface area contributed by atoms with Gasteiger partial charge < -0.3 is 0 Å². The van der Waals surface area contributed by atoms with E-state index in [1.807, 2.05) is 0 Å². The quantitative estimate of drug-likeness (QED) is 0.565. The van der Waals surface area contributed by atoms with Gasteiger partial charge in [0.1, 0.15) is 0 Å². The average Bonchev–Trinajstić information content (AvgIpc) is 1.86. The predicted molar refractivity (Wildman–Crippen MR) is 46.2 cm³/mol. The SMILES string of the molecule is C=C1CCCC(S(C)(=O)=O)C1. The normalized spacial score (nSPS) is 27.0. The lowest BCUT2D eigenvalue weighted by Crippen LogP contribution is -2.23. The molecule has 0 aliphatic heterocycles. The van der Waals surface area contributed by atoms with Crippen LogP contribution >= 0.6 is 0 Å². The van der Waals surface area contributed by atoms with Crippen LogP contribution in [0.1, 0.15) is 25.7 Å². The van der Waals surface area contributed by atoms with E-state index < -0.39 is 9.84 Å². The fourth-order valence-electron chi connectivity index (χ4n) is 1.47. The summed E-state index contributed by atoms with van der Waals surface area (Å²) < 4.78 is 22.2. The van der Waals surface area contributed by atoms with Gasteiger partial charge in [-0.3, -0.25) is 0 Å². The van der Waals surface area contributed by atoms with Crippen LogP contribution in [0.15, 0.2) is 12.2 Å². The van der Waals surface area contributed by atoms with E-state index in [9.17, 15) is 8.42 Å². The molecule has 0 saturated heterocycles. The number of hydrogen-bond acceptors (Lipinski definition) is 2. The Kier molecular flexibility index (Phi) is 2.37. The van der Waals surface area contributed by atoms with E-state index in [-0.39, 0.29) is 5.25 Å². The van der Waals surface area contributed by atoms with E-state index in [4.69, 9.17) is 0 Å². The smallest absolute Gasteiger partial charge is 0.150 e. The number of rotatable bonds is 1. The summed E-state index contributed by atoms with van der Waals surface area (Å²) in [5, 5.41) is -0.149. The van der Waals surface area contributed by atoms with Gasteiger partial charge in [0.15, 0.2) is 9.84 Å². The van der Waals surface area contributed by atoms with Gasteiger partial charge in [-0.2, -0.15) is 0 Å². The molecule has 1 rings (SSSR count). The number of hydrogen-bond donors (Lipinski definition) is 0. The molecule has 3 heteroatoms. The van der Waals surface area contributed by atoms with Crippen molar-refractivity contribution in [3.63, 3.8) is 0 Å². The van der Waals surface area contributed by atoms with Crippen LogP contribution in [0.2, 0.25) is 0 Å². The summed E-state index contributed by atoms with van der Waals surface area (Å²) in [4.78, 5) is 0. The van der Waals surface area contributed by atoms with Gasteiger partial charge in [0, 0.05) is 6.26 Å². The Hall–Kier alpha value is -0.310. The number of sulfone groups is 1. The molecule has 0 amide bonds. The first-order valence-corrected chi connectivity index (χ1v) is 5.81. The van der Waals surface area contributed by atoms with Gasteiger partial charge in [0.25, 0.3) is 0 Å². The van der Waals surface area contributed by atoms with Crippen molar-refractivity contribution in [2.45, 2.75) is 30.9 Å². The van der Waals surface area contributed by atoms with Crippen LogP contribution in [-0.4, -0.2) is 19.9 Å². The maximum absolute atomic E-state index is 11.1.